The minimum absolute atomic E-state index is 0.732. The lowest BCUT2D eigenvalue weighted by Crippen LogP contribution is -2.43. The SMILES string of the molecule is COCCNCc1ccc(N2CCNCC2)c(OC)c1. The van der Waals surface area contributed by atoms with Crippen molar-refractivity contribution in [1.82, 2.24) is 10.6 Å². The van der Waals surface area contributed by atoms with Gasteiger partial charge in [-0.15, -0.1) is 0 Å². The Bertz CT molecular complexity index is 406. The molecule has 0 aromatic heterocycles. The minimum Gasteiger partial charge on any atom is -0.495 e. The Balaban J connectivity index is 1.99. The van der Waals surface area contributed by atoms with Gasteiger partial charge >= 0.3 is 0 Å². The summed E-state index contributed by atoms with van der Waals surface area (Å²) in [6, 6.07) is 6.45. The van der Waals surface area contributed by atoms with Gasteiger partial charge in [0.2, 0.25) is 0 Å². The van der Waals surface area contributed by atoms with Crippen LogP contribution in [0, 0.1) is 0 Å². The van der Waals surface area contributed by atoms with E-state index in [1.165, 1.54) is 11.3 Å². The zero-order chi connectivity index (χ0) is 14.2. The first-order chi connectivity index (χ1) is 9.85. The number of piperazine rings is 1. The van der Waals surface area contributed by atoms with Gasteiger partial charge in [0, 0.05) is 46.4 Å². The van der Waals surface area contributed by atoms with Crippen LogP contribution < -0.4 is 20.3 Å². The molecular weight excluding hydrogens is 254 g/mol. The van der Waals surface area contributed by atoms with Gasteiger partial charge in [-0.25, -0.2) is 0 Å². The third-order valence-electron chi connectivity index (χ3n) is 3.51. The summed E-state index contributed by atoms with van der Waals surface area (Å²) in [5.41, 5.74) is 2.42. The molecule has 1 aliphatic heterocycles. The van der Waals surface area contributed by atoms with Gasteiger partial charge < -0.3 is 25.0 Å². The van der Waals surface area contributed by atoms with Crippen LogP contribution in [0.2, 0.25) is 0 Å². The van der Waals surface area contributed by atoms with Gasteiger partial charge in [0.05, 0.1) is 19.4 Å². The number of hydrogen-bond acceptors (Lipinski definition) is 5. The summed E-state index contributed by atoms with van der Waals surface area (Å²) in [4.78, 5) is 2.37. The number of ether oxygens (including phenoxy) is 2. The molecule has 2 N–H and O–H groups in total. The fourth-order valence-electron chi connectivity index (χ4n) is 2.41. The minimum atomic E-state index is 0.732. The summed E-state index contributed by atoms with van der Waals surface area (Å²) >= 11 is 0. The van der Waals surface area contributed by atoms with E-state index in [2.05, 4.69) is 33.7 Å². The Kier molecular flexibility index (Phi) is 6.11. The van der Waals surface area contributed by atoms with Crippen molar-refractivity contribution in [1.29, 1.82) is 0 Å². The largest absolute Gasteiger partial charge is 0.495 e. The van der Waals surface area contributed by atoms with Crippen molar-refractivity contribution in [2.75, 3.05) is 58.5 Å². The lowest BCUT2D eigenvalue weighted by atomic mass is 10.1. The third-order valence-corrected chi connectivity index (χ3v) is 3.51. The maximum absolute atomic E-state index is 5.55. The number of methoxy groups -OCH3 is 2. The molecule has 112 valence electrons. The van der Waals surface area contributed by atoms with E-state index in [0.29, 0.717) is 0 Å². The van der Waals surface area contributed by atoms with Crippen molar-refractivity contribution in [3.8, 4) is 5.75 Å². The number of anilines is 1. The zero-order valence-corrected chi connectivity index (χ0v) is 12.4. The first-order valence-electron chi connectivity index (χ1n) is 7.17. The van der Waals surface area contributed by atoms with Crippen LogP contribution in [-0.4, -0.2) is 53.6 Å². The molecule has 0 aliphatic carbocycles. The highest BCUT2D eigenvalue weighted by Crippen LogP contribution is 2.29. The number of nitrogens with one attached hydrogen (secondary N) is 2. The van der Waals surface area contributed by atoms with Crippen LogP contribution in [-0.2, 0) is 11.3 Å². The van der Waals surface area contributed by atoms with Crippen molar-refractivity contribution in [2.45, 2.75) is 6.54 Å². The molecule has 0 spiro atoms. The highest BCUT2D eigenvalue weighted by atomic mass is 16.5. The average molecular weight is 279 g/mol. The predicted molar refractivity (Wildman–Crippen MR) is 81.7 cm³/mol. The van der Waals surface area contributed by atoms with Crippen molar-refractivity contribution < 1.29 is 9.47 Å². The summed E-state index contributed by atoms with van der Waals surface area (Å²) in [5, 5.41) is 6.72. The molecule has 5 nitrogen and oxygen atoms in total. The Labute approximate surface area is 121 Å². The first-order valence-corrected chi connectivity index (χ1v) is 7.17. The quantitative estimate of drug-likeness (QED) is 0.724. The molecule has 5 heteroatoms. The predicted octanol–water partition coefficient (Wildman–Crippen LogP) is 0.841. The molecule has 1 aromatic carbocycles. The highest BCUT2D eigenvalue weighted by Gasteiger charge is 2.14. The Morgan fingerprint density at radius 2 is 2.05 bits per heavy atom. The molecule has 0 unspecified atom stereocenters. The van der Waals surface area contributed by atoms with E-state index in [0.717, 1.165) is 51.6 Å². The molecule has 2 rings (SSSR count). The summed E-state index contributed by atoms with van der Waals surface area (Å²) < 4.78 is 10.6. The summed E-state index contributed by atoms with van der Waals surface area (Å²) in [6.07, 6.45) is 0. The fourth-order valence-corrected chi connectivity index (χ4v) is 2.41. The molecule has 1 heterocycles. The number of benzene rings is 1. The molecule has 0 saturated carbocycles. The highest BCUT2D eigenvalue weighted by molar-refractivity contribution is 5.60. The third kappa shape index (κ3) is 4.10. The van der Waals surface area contributed by atoms with Gasteiger partial charge in [-0.3, -0.25) is 0 Å². The normalized spacial score (nSPS) is 15.4. The van der Waals surface area contributed by atoms with Gasteiger partial charge in [0.15, 0.2) is 0 Å². The van der Waals surface area contributed by atoms with Gasteiger partial charge in [0.1, 0.15) is 5.75 Å². The first kappa shape index (κ1) is 15.1. The second kappa shape index (κ2) is 8.09. The maximum atomic E-state index is 5.55. The Hall–Kier alpha value is -1.30. The fraction of sp³-hybridized carbons (Fsp3) is 0.600. The van der Waals surface area contributed by atoms with E-state index in [1.807, 2.05) is 0 Å². The van der Waals surface area contributed by atoms with Gasteiger partial charge in [-0.1, -0.05) is 6.07 Å². The smallest absolute Gasteiger partial charge is 0.142 e. The van der Waals surface area contributed by atoms with Crippen molar-refractivity contribution in [2.24, 2.45) is 0 Å². The van der Waals surface area contributed by atoms with E-state index in [1.54, 1.807) is 14.2 Å². The monoisotopic (exact) mass is 279 g/mol. The standard InChI is InChI=1S/C15H25N3O2/c1-19-10-7-17-12-13-3-4-14(15(11-13)20-2)18-8-5-16-6-9-18/h3-4,11,16-17H,5-10,12H2,1-2H3. The van der Waals surface area contributed by atoms with Crippen molar-refractivity contribution in [3.05, 3.63) is 23.8 Å². The molecule has 1 saturated heterocycles. The van der Waals surface area contributed by atoms with Gasteiger partial charge in [-0.05, 0) is 17.7 Å². The molecule has 1 fully saturated rings. The molecule has 0 amide bonds. The molecule has 0 bridgehead atoms. The van der Waals surface area contributed by atoms with E-state index >= 15 is 0 Å². The Morgan fingerprint density at radius 3 is 2.75 bits per heavy atom. The van der Waals surface area contributed by atoms with E-state index in [-0.39, 0.29) is 0 Å². The summed E-state index contributed by atoms with van der Waals surface area (Å²) in [7, 11) is 3.45. The van der Waals surface area contributed by atoms with Crippen LogP contribution in [0.3, 0.4) is 0 Å². The van der Waals surface area contributed by atoms with E-state index in [9.17, 15) is 0 Å². The van der Waals surface area contributed by atoms with Crippen molar-refractivity contribution in [3.63, 3.8) is 0 Å². The average Bonchev–Trinajstić information content (AvgIpc) is 2.52. The molecule has 1 aliphatic rings. The second-order valence-corrected chi connectivity index (χ2v) is 4.91. The van der Waals surface area contributed by atoms with Gasteiger partial charge in [-0.2, -0.15) is 0 Å². The molecular formula is C15H25N3O2. The molecule has 0 atom stereocenters. The topological polar surface area (TPSA) is 45.8 Å². The number of hydrogen-bond donors (Lipinski definition) is 2. The van der Waals surface area contributed by atoms with Crippen LogP contribution in [0.15, 0.2) is 18.2 Å². The maximum Gasteiger partial charge on any atom is 0.142 e. The Morgan fingerprint density at radius 1 is 1.25 bits per heavy atom. The van der Waals surface area contributed by atoms with Crippen LogP contribution in [0.25, 0.3) is 0 Å². The lowest BCUT2D eigenvalue weighted by Gasteiger charge is -2.30. The van der Waals surface area contributed by atoms with E-state index < -0.39 is 0 Å². The summed E-state index contributed by atoms with van der Waals surface area (Å²) in [5.74, 6) is 0.956. The van der Waals surface area contributed by atoms with Gasteiger partial charge in [0.25, 0.3) is 0 Å². The van der Waals surface area contributed by atoms with E-state index in [4.69, 9.17) is 9.47 Å². The zero-order valence-electron chi connectivity index (χ0n) is 12.4. The molecule has 1 aromatic rings. The van der Waals surface area contributed by atoms with Crippen LogP contribution in [0.5, 0.6) is 5.75 Å². The van der Waals surface area contributed by atoms with Crippen LogP contribution >= 0.6 is 0 Å². The number of rotatable bonds is 7. The second-order valence-electron chi connectivity index (χ2n) is 4.91. The van der Waals surface area contributed by atoms with Crippen molar-refractivity contribution >= 4 is 5.69 Å². The molecule has 0 radical (unpaired) electrons. The molecule has 20 heavy (non-hydrogen) atoms. The summed E-state index contributed by atoms with van der Waals surface area (Å²) in [6.45, 7) is 6.55. The van der Waals surface area contributed by atoms with Crippen LogP contribution in [0.4, 0.5) is 5.69 Å². The lowest BCUT2D eigenvalue weighted by molar-refractivity contribution is 0.199. The van der Waals surface area contributed by atoms with Crippen LogP contribution in [0.1, 0.15) is 5.56 Å². The number of nitrogens with zero attached hydrogens (tertiary/aromatic N) is 1.